The third kappa shape index (κ3) is 4.73. The zero-order valence-electron chi connectivity index (χ0n) is 18.9. The van der Waals surface area contributed by atoms with Gasteiger partial charge in [-0.05, 0) is 68.9 Å². The Morgan fingerprint density at radius 2 is 1.76 bits per heavy atom. The number of amides is 1. The van der Waals surface area contributed by atoms with Gasteiger partial charge in [0.05, 0.1) is 25.9 Å². The molecule has 1 heterocycles. The van der Waals surface area contributed by atoms with E-state index in [1.807, 2.05) is 42.5 Å². The number of carbonyl (C=O) groups is 1. The van der Waals surface area contributed by atoms with Crippen LogP contribution >= 0.6 is 15.9 Å². The summed E-state index contributed by atoms with van der Waals surface area (Å²) in [5.74, 6) is 0.984. The molecular weight excluding hydrogens is 498 g/mol. The van der Waals surface area contributed by atoms with E-state index < -0.39 is 0 Å². The van der Waals surface area contributed by atoms with E-state index in [1.165, 1.54) is 0 Å². The smallest absolute Gasteiger partial charge is 0.259 e. The molecule has 0 aromatic heterocycles. The number of methoxy groups -OCH3 is 1. The Morgan fingerprint density at radius 3 is 2.44 bits per heavy atom. The Kier molecular flexibility index (Phi) is 7.36. The molecule has 0 saturated heterocycles. The highest BCUT2D eigenvalue weighted by Crippen LogP contribution is 2.38. The normalized spacial score (nSPS) is 12.9. The van der Waals surface area contributed by atoms with Crippen LogP contribution in [-0.4, -0.2) is 34.7 Å². The lowest BCUT2D eigenvalue weighted by Crippen LogP contribution is -2.35. The first kappa shape index (κ1) is 24.0. The van der Waals surface area contributed by atoms with Gasteiger partial charge in [0.2, 0.25) is 0 Å². The van der Waals surface area contributed by atoms with E-state index in [2.05, 4.69) is 22.5 Å². The Morgan fingerprint density at radius 1 is 1.06 bits per heavy atom. The van der Waals surface area contributed by atoms with Gasteiger partial charge in [0.25, 0.3) is 5.91 Å². The SMILES string of the molecule is C=C1c2cc(OCc3ccccc3)c(OC)cc2CCN1C(=O)c1cc(CO)c(CO)cc1Br. The van der Waals surface area contributed by atoms with Crippen molar-refractivity contribution in [3.63, 3.8) is 0 Å². The summed E-state index contributed by atoms with van der Waals surface area (Å²) in [4.78, 5) is 15.1. The lowest BCUT2D eigenvalue weighted by atomic mass is 9.95. The monoisotopic (exact) mass is 523 g/mol. The molecule has 1 aliphatic rings. The second-order valence-electron chi connectivity index (χ2n) is 8.00. The molecule has 0 atom stereocenters. The number of halogens is 1. The number of aliphatic hydroxyl groups is 2. The van der Waals surface area contributed by atoms with Gasteiger partial charge in [-0.15, -0.1) is 0 Å². The first-order valence-corrected chi connectivity index (χ1v) is 11.7. The second kappa shape index (κ2) is 10.4. The number of aliphatic hydroxyl groups excluding tert-OH is 2. The number of fused-ring (bicyclic) bond motifs is 1. The maximum absolute atomic E-state index is 13.5. The minimum absolute atomic E-state index is 0.222. The van der Waals surface area contributed by atoms with Crippen molar-refractivity contribution in [3.05, 3.63) is 99.0 Å². The number of ether oxygens (including phenoxy) is 2. The van der Waals surface area contributed by atoms with Crippen molar-refractivity contribution in [1.82, 2.24) is 4.90 Å². The maximum Gasteiger partial charge on any atom is 0.259 e. The Labute approximate surface area is 207 Å². The van der Waals surface area contributed by atoms with E-state index in [9.17, 15) is 15.0 Å². The summed E-state index contributed by atoms with van der Waals surface area (Å²) < 4.78 is 12.2. The highest BCUT2D eigenvalue weighted by atomic mass is 79.9. The summed E-state index contributed by atoms with van der Waals surface area (Å²) in [6.07, 6.45) is 0.634. The van der Waals surface area contributed by atoms with Gasteiger partial charge in [-0.2, -0.15) is 0 Å². The topological polar surface area (TPSA) is 79.2 Å². The molecule has 3 aromatic carbocycles. The molecule has 0 unspecified atom stereocenters. The van der Waals surface area contributed by atoms with Crippen molar-refractivity contribution < 1.29 is 24.5 Å². The Hall–Kier alpha value is -3.13. The predicted octanol–water partition coefficient (Wildman–Crippen LogP) is 4.69. The van der Waals surface area contributed by atoms with Crippen molar-refractivity contribution in [2.75, 3.05) is 13.7 Å². The van der Waals surface area contributed by atoms with Gasteiger partial charge in [0, 0.05) is 22.3 Å². The van der Waals surface area contributed by atoms with Crippen LogP contribution in [0.1, 0.15) is 38.2 Å². The van der Waals surface area contributed by atoms with Crippen molar-refractivity contribution in [3.8, 4) is 11.5 Å². The number of rotatable bonds is 7. The van der Waals surface area contributed by atoms with Crippen LogP contribution in [0.4, 0.5) is 0 Å². The minimum atomic E-state index is -0.269. The Bertz CT molecular complexity index is 1230. The van der Waals surface area contributed by atoms with Crippen LogP contribution < -0.4 is 9.47 Å². The summed E-state index contributed by atoms with van der Waals surface area (Å²) in [5.41, 5.74) is 4.95. The van der Waals surface area contributed by atoms with Crippen LogP contribution in [0.15, 0.2) is 65.6 Å². The van der Waals surface area contributed by atoms with Crippen LogP contribution in [-0.2, 0) is 26.2 Å². The molecule has 1 amide bonds. The quantitative estimate of drug-likeness (QED) is 0.469. The van der Waals surface area contributed by atoms with E-state index in [0.29, 0.717) is 57.9 Å². The maximum atomic E-state index is 13.5. The van der Waals surface area contributed by atoms with Crippen LogP contribution in [0.3, 0.4) is 0 Å². The van der Waals surface area contributed by atoms with E-state index in [0.717, 1.165) is 16.7 Å². The van der Waals surface area contributed by atoms with Gasteiger partial charge in [-0.1, -0.05) is 36.9 Å². The van der Waals surface area contributed by atoms with Crippen LogP contribution in [0.2, 0.25) is 0 Å². The zero-order valence-corrected chi connectivity index (χ0v) is 20.5. The largest absolute Gasteiger partial charge is 0.493 e. The Balaban J connectivity index is 1.63. The molecule has 6 nitrogen and oxygen atoms in total. The van der Waals surface area contributed by atoms with E-state index in [4.69, 9.17) is 9.47 Å². The van der Waals surface area contributed by atoms with E-state index in [1.54, 1.807) is 24.1 Å². The molecule has 176 valence electrons. The number of nitrogens with zero attached hydrogens (tertiary/aromatic N) is 1. The summed E-state index contributed by atoms with van der Waals surface area (Å²) in [5, 5.41) is 19.2. The first-order chi connectivity index (χ1) is 16.5. The molecule has 2 N–H and O–H groups in total. The van der Waals surface area contributed by atoms with Gasteiger partial charge >= 0.3 is 0 Å². The fourth-order valence-corrected chi connectivity index (χ4v) is 4.65. The third-order valence-electron chi connectivity index (χ3n) is 5.97. The molecule has 3 aromatic rings. The van der Waals surface area contributed by atoms with Crippen molar-refractivity contribution >= 4 is 27.5 Å². The summed E-state index contributed by atoms with van der Waals surface area (Å²) in [6, 6.07) is 17.0. The molecule has 0 fully saturated rings. The van der Waals surface area contributed by atoms with Gasteiger partial charge in [0.15, 0.2) is 11.5 Å². The highest BCUT2D eigenvalue weighted by Gasteiger charge is 2.28. The number of hydrogen-bond acceptors (Lipinski definition) is 5. The average molecular weight is 524 g/mol. The summed E-state index contributed by atoms with van der Waals surface area (Å²) >= 11 is 3.44. The summed E-state index contributed by atoms with van der Waals surface area (Å²) in [6.45, 7) is 4.56. The van der Waals surface area contributed by atoms with E-state index >= 15 is 0 Å². The molecule has 0 radical (unpaired) electrons. The number of carbonyl (C=O) groups excluding carboxylic acids is 1. The van der Waals surface area contributed by atoms with Gasteiger partial charge in [0.1, 0.15) is 6.61 Å². The molecule has 0 saturated carbocycles. The average Bonchev–Trinajstić information content (AvgIpc) is 2.87. The molecule has 0 aliphatic carbocycles. The molecule has 0 bridgehead atoms. The standard InChI is InChI=1S/C27H26BrNO5/c1-17-22-13-26(34-16-18-6-4-3-5-7-18)25(33-2)12-19(22)8-9-29(17)27(32)23-10-20(14-30)21(15-31)11-24(23)28/h3-7,10-13,30-31H,1,8-9,14-16H2,2H3. The van der Waals surface area contributed by atoms with Crippen LogP contribution in [0.5, 0.6) is 11.5 Å². The fourth-order valence-electron chi connectivity index (χ4n) is 4.08. The lowest BCUT2D eigenvalue weighted by Gasteiger charge is -2.32. The molecule has 4 rings (SSSR count). The van der Waals surface area contributed by atoms with E-state index in [-0.39, 0.29) is 19.1 Å². The van der Waals surface area contributed by atoms with Gasteiger partial charge < -0.3 is 24.6 Å². The molecule has 0 spiro atoms. The van der Waals surface area contributed by atoms with Crippen molar-refractivity contribution in [2.24, 2.45) is 0 Å². The molecule has 34 heavy (non-hydrogen) atoms. The van der Waals surface area contributed by atoms with Gasteiger partial charge in [-0.3, -0.25) is 4.79 Å². The fraction of sp³-hybridized carbons (Fsp3) is 0.222. The molecule has 7 heteroatoms. The van der Waals surface area contributed by atoms with Crippen molar-refractivity contribution in [2.45, 2.75) is 26.2 Å². The molecular formula is C27H26BrNO5. The summed E-state index contributed by atoms with van der Waals surface area (Å²) in [7, 11) is 1.61. The third-order valence-corrected chi connectivity index (χ3v) is 6.63. The zero-order chi connectivity index (χ0) is 24.2. The second-order valence-corrected chi connectivity index (χ2v) is 8.86. The van der Waals surface area contributed by atoms with Gasteiger partial charge in [-0.25, -0.2) is 0 Å². The number of hydrogen-bond donors (Lipinski definition) is 2. The highest BCUT2D eigenvalue weighted by molar-refractivity contribution is 9.10. The first-order valence-electron chi connectivity index (χ1n) is 10.9. The minimum Gasteiger partial charge on any atom is -0.493 e. The predicted molar refractivity (Wildman–Crippen MR) is 134 cm³/mol. The van der Waals surface area contributed by atoms with Crippen molar-refractivity contribution in [1.29, 1.82) is 0 Å². The lowest BCUT2D eigenvalue weighted by molar-refractivity contribution is 0.0832. The molecule has 1 aliphatic heterocycles. The van der Waals surface area contributed by atoms with Crippen LogP contribution in [0, 0.1) is 0 Å². The number of benzene rings is 3. The van der Waals surface area contributed by atoms with Crippen LogP contribution in [0.25, 0.3) is 5.70 Å².